The van der Waals surface area contributed by atoms with Gasteiger partial charge in [-0.3, -0.25) is 0 Å². The molecule has 2 unspecified atom stereocenters. The molecule has 1 aromatic rings. The summed E-state index contributed by atoms with van der Waals surface area (Å²) in [6.45, 7) is 8.23. The van der Waals surface area contributed by atoms with Gasteiger partial charge in [0, 0.05) is 12.0 Å². The van der Waals surface area contributed by atoms with Crippen molar-refractivity contribution in [1.82, 2.24) is 5.32 Å². The van der Waals surface area contributed by atoms with Gasteiger partial charge < -0.3 is 10.1 Å². The third-order valence-corrected chi connectivity index (χ3v) is 4.16. The minimum absolute atomic E-state index is 0.0677. The lowest BCUT2D eigenvalue weighted by molar-refractivity contribution is -0.0776. The van der Waals surface area contributed by atoms with Gasteiger partial charge in [0.1, 0.15) is 0 Å². The maximum absolute atomic E-state index is 13.5. The minimum atomic E-state index is -0.814. The maximum Gasteiger partial charge on any atom is 0.159 e. The maximum atomic E-state index is 13.5. The number of ether oxygens (including phenoxy) is 1. The summed E-state index contributed by atoms with van der Waals surface area (Å²) in [6.07, 6.45) is 0.866. The van der Waals surface area contributed by atoms with E-state index in [1.165, 1.54) is 12.1 Å². The van der Waals surface area contributed by atoms with Crippen molar-refractivity contribution < 1.29 is 13.5 Å². The second-order valence-corrected chi connectivity index (χ2v) is 6.72. The van der Waals surface area contributed by atoms with Gasteiger partial charge in [0.2, 0.25) is 0 Å². The standard InChI is InChI=1S/C16H23F2NO/c1-15(2)9-11(16(3,4)20-15)14(19-5)10-6-7-12(17)13(18)8-10/h6-8,11,14,19H,9H2,1-5H3. The van der Waals surface area contributed by atoms with Crippen LogP contribution in [-0.2, 0) is 4.74 Å². The van der Waals surface area contributed by atoms with Crippen LogP contribution in [0.15, 0.2) is 18.2 Å². The van der Waals surface area contributed by atoms with E-state index in [2.05, 4.69) is 33.0 Å². The fourth-order valence-electron chi connectivity index (χ4n) is 3.43. The lowest BCUT2D eigenvalue weighted by atomic mass is 9.79. The van der Waals surface area contributed by atoms with Crippen LogP contribution in [0.5, 0.6) is 0 Å². The molecule has 1 aromatic carbocycles. The van der Waals surface area contributed by atoms with Crippen LogP contribution in [0.4, 0.5) is 8.78 Å². The van der Waals surface area contributed by atoms with E-state index in [1.807, 2.05) is 7.05 Å². The Kier molecular flexibility index (Phi) is 3.91. The Morgan fingerprint density at radius 2 is 1.85 bits per heavy atom. The molecule has 1 aliphatic heterocycles. The first kappa shape index (κ1) is 15.4. The highest BCUT2D eigenvalue weighted by Crippen LogP contribution is 2.47. The lowest BCUT2D eigenvalue weighted by Gasteiger charge is -2.33. The van der Waals surface area contributed by atoms with Crippen LogP contribution in [0, 0.1) is 17.6 Å². The fraction of sp³-hybridized carbons (Fsp3) is 0.625. The number of hydrogen-bond donors (Lipinski definition) is 1. The summed E-state index contributed by atoms with van der Waals surface area (Å²) in [5.74, 6) is -1.43. The quantitative estimate of drug-likeness (QED) is 0.910. The largest absolute Gasteiger partial charge is 0.369 e. The van der Waals surface area contributed by atoms with E-state index in [0.29, 0.717) is 0 Å². The van der Waals surface area contributed by atoms with Crippen LogP contribution in [0.25, 0.3) is 0 Å². The number of rotatable bonds is 3. The molecule has 2 atom stereocenters. The number of halogens is 2. The van der Waals surface area contributed by atoms with Gasteiger partial charge in [-0.25, -0.2) is 8.78 Å². The van der Waals surface area contributed by atoms with Gasteiger partial charge in [0.25, 0.3) is 0 Å². The summed E-state index contributed by atoms with van der Waals surface area (Å²) in [5.41, 5.74) is 0.231. The molecule has 0 amide bonds. The van der Waals surface area contributed by atoms with Gasteiger partial charge in [-0.05, 0) is 58.9 Å². The number of hydrogen-bond acceptors (Lipinski definition) is 2. The first-order valence-electron chi connectivity index (χ1n) is 6.99. The third-order valence-electron chi connectivity index (χ3n) is 4.16. The predicted molar refractivity (Wildman–Crippen MR) is 75.5 cm³/mol. The van der Waals surface area contributed by atoms with E-state index in [4.69, 9.17) is 4.74 Å². The Hall–Kier alpha value is -1.00. The highest BCUT2D eigenvalue weighted by Gasteiger charge is 2.49. The van der Waals surface area contributed by atoms with Gasteiger partial charge in [0.05, 0.1) is 11.2 Å². The Bertz CT molecular complexity index is 499. The molecule has 1 saturated heterocycles. The zero-order valence-electron chi connectivity index (χ0n) is 12.8. The van der Waals surface area contributed by atoms with E-state index in [-0.39, 0.29) is 23.2 Å². The molecule has 1 aliphatic rings. The second-order valence-electron chi connectivity index (χ2n) is 6.72. The molecule has 0 aromatic heterocycles. The van der Waals surface area contributed by atoms with Crippen LogP contribution in [-0.4, -0.2) is 18.2 Å². The Balaban J connectivity index is 2.35. The lowest BCUT2D eigenvalue weighted by Crippen LogP contribution is -2.37. The van der Waals surface area contributed by atoms with E-state index in [0.717, 1.165) is 12.0 Å². The molecular weight excluding hydrogens is 260 g/mol. The van der Waals surface area contributed by atoms with Gasteiger partial charge >= 0.3 is 0 Å². The smallest absolute Gasteiger partial charge is 0.159 e. The highest BCUT2D eigenvalue weighted by atomic mass is 19.2. The van der Waals surface area contributed by atoms with Gasteiger partial charge in [-0.1, -0.05) is 6.07 Å². The zero-order chi connectivity index (χ0) is 15.1. The predicted octanol–water partition coefficient (Wildman–Crippen LogP) is 3.82. The second kappa shape index (κ2) is 5.08. The molecule has 112 valence electrons. The molecule has 2 nitrogen and oxygen atoms in total. The van der Waals surface area contributed by atoms with Crippen molar-refractivity contribution in [3.05, 3.63) is 35.4 Å². The average Bonchev–Trinajstić information content (AvgIpc) is 2.53. The Labute approximate surface area is 119 Å². The molecule has 0 bridgehead atoms. The Morgan fingerprint density at radius 1 is 1.20 bits per heavy atom. The molecule has 1 heterocycles. The fourth-order valence-corrected chi connectivity index (χ4v) is 3.43. The number of nitrogens with one attached hydrogen (secondary N) is 1. The molecule has 1 N–H and O–H groups in total. The van der Waals surface area contributed by atoms with Gasteiger partial charge in [0.15, 0.2) is 11.6 Å². The van der Waals surface area contributed by atoms with Crippen LogP contribution in [0.1, 0.15) is 45.7 Å². The topological polar surface area (TPSA) is 21.3 Å². The molecule has 1 fully saturated rings. The first-order chi connectivity index (χ1) is 9.16. The van der Waals surface area contributed by atoms with E-state index in [9.17, 15) is 8.78 Å². The Morgan fingerprint density at radius 3 is 2.30 bits per heavy atom. The van der Waals surface area contributed by atoms with Gasteiger partial charge in [-0.15, -0.1) is 0 Å². The van der Waals surface area contributed by atoms with Gasteiger partial charge in [-0.2, -0.15) is 0 Å². The van der Waals surface area contributed by atoms with Crippen LogP contribution in [0.3, 0.4) is 0 Å². The minimum Gasteiger partial charge on any atom is -0.369 e. The molecule has 0 saturated carbocycles. The normalized spacial score (nSPS) is 25.6. The molecule has 0 radical (unpaired) electrons. The summed E-state index contributed by atoms with van der Waals surface area (Å²) >= 11 is 0. The summed E-state index contributed by atoms with van der Waals surface area (Å²) in [7, 11) is 1.84. The summed E-state index contributed by atoms with van der Waals surface area (Å²) in [4.78, 5) is 0. The summed E-state index contributed by atoms with van der Waals surface area (Å²) < 4.78 is 32.7. The van der Waals surface area contributed by atoms with E-state index < -0.39 is 11.6 Å². The molecule has 4 heteroatoms. The zero-order valence-corrected chi connectivity index (χ0v) is 12.8. The van der Waals surface area contributed by atoms with Crippen LogP contribution in [0.2, 0.25) is 0 Å². The van der Waals surface area contributed by atoms with Crippen molar-refractivity contribution in [2.24, 2.45) is 5.92 Å². The highest BCUT2D eigenvalue weighted by molar-refractivity contribution is 5.23. The van der Waals surface area contributed by atoms with E-state index >= 15 is 0 Å². The average molecular weight is 283 g/mol. The van der Waals surface area contributed by atoms with Crippen LogP contribution >= 0.6 is 0 Å². The molecule has 0 aliphatic carbocycles. The molecule has 0 spiro atoms. The van der Waals surface area contributed by atoms with E-state index in [1.54, 1.807) is 6.07 Å². The molecule has 2 rings (SSSR count). The summed E-state index contributed by atoms with van der Waals surface area (Å²) in [5, 5.41) is 3.23. The molecule has 20 heavy (non-hydrogen) atoms. The van der Waals surface area contributed by atoms with Crippen molar-refractivity contribution in [3.63, 3.8) is 0 Å². The van der Waals surface area contributed by atoms with Crippen molar-refractivity contribution in [1.29, 1.82) is 0 Å². The summed E-state index contributed by atoms with van der Waals surface area (Å²) in [6, 6.07) is 4.03. The number of benzene rings is 1. The third kappa shape index (κ3) is 2.86. The van der Waals surface area contributed by atoms with Crippen LogP contribution < -0.4 is 5.32 Å². The van der Waals surface area contributed by atoms with Crippen molar-refractivity contribution >= 4 is 0 Å². The van der Waals surface area contributed by atoms with Crippen molar-refractivity contribution in [2.45, 2.75) is 51.4 Å². The first-order valence-corrected chi connectivity index (χ1v) is 6.99. The van der Waals surface area contributed by atoms with Crippen molar-refractivity contribution in [2.75, 3.05) is 7.05 Å². The monoisotopic (exact) mass is 283 g/mol. The molecular formula is C16H23F2NO. The van der Waals surface area contributed by atoms with Crippen molar-refractivity contribution in [3.8, 4) is 0 Å². The SMILES string of the molecule is CNC(c1ccc(F)c(F)c1)C1CC(C)(C)OC1(C)C.